The molecule has 17 heavy (non-hydrogen) atoms. The molecule has 2 aliphatic heterocycles. The highest BCUT2D eigenvalue weighted by molar-refractivity contribution is 5.63. The number of piperazine rings is 1. The van der Waals surface area contributed by atoms with Crippen molar-refractivity contribution in [3.8, 4) is 0 Å². The highest BCUT2D eigenvalue weighted by Crippen LogP contribution is 2.27. The Bertz CT molecular complexity index is 418. The second kappa shape index (κ2) is 4.18. The molecule has 0 radical (unpaired) electrons. The lowest BCUT2D eigenvalue weighted by molar-refractivity contribution is 0.230. The number of hydrogen-bond donors (Lipinski definition) is 1. The minimum atomic E-state index is 0.714. The van der Waals surface area contributed by atoms with E-state index in [1.807, 2.05) is 19.2 Å². The summed E-state index contributed by atoms with van der Waals surface area (Å²) in [6.07, 6.45) is 4.57. The second-order valence-corrected chi connectivity index (χ2v) is 5.20. The number of rotatable bonds is 1. The number of fused-ring (bicyclic) bond motifs is 1. The third-order valence-electron chi connectivity index (χ3n) is 3.92. The standard InChI is InChI=1S/C13H20N4/c1-10-7-12(14)13(15-8-10)17-6-5-16-4-2-3-11(16)9-17/h7-8,11H,2-6,9,14H2,1H3. The van der Waals surface area contributed by atoms with Gasteiger partial charge in [-0.3, -0.25) is 4.90 Å². The molecule has 2 saturated heterocycles. The van der Waals surface area contributed by atoms with Crippen molar-refractivity contribution in [1.29, 1.82) is 0 Å². The number of aryl methyl sites for hydroxylation is 1. The molecule has 4 nitrogen and oxygen atoms in total. The molecule has 2 N–H and O–H groups in total. The highest BCUT2D eigenvalue weighted by Gasteiger charge is 2.31. The zero-order chi connectivity index (χ0) is 11.8. The molecular formula is C13H20N4. The summed E-state index contributed by atoms with van der Waals surface area (Å²) >= 11 is 0. The first kappa shape index (κ1) is 10.8. The summed E-state index contributed by atoms with van der Waals surface area (Å²) in [5, 5.41) is 0. The Morgan fingerprint density at radius 2 is 2.24 bits per heavy atom. The first-order chi connectivity index (χ1) is 8.24. The fourth-order valence-corrected chi connectivity index (χ4v) is 3.03. The van der Waals surface area contributed by atoms with Gasteiger partial charge in [-0.1, -0.05) is 0 Å². The van der Waals surface area contributed by atoms with Gasteiger partial charge >= 0.3 is 0 Å². The average molecular weight is 232 g/mol. The van der Waals surface area contributed by atoms with E-state index in [0.717, 1.165) is 36.7 Å². The Labute approximate surface area is 102 Å². The lowest BCUT2D eigenvalue weighted by Gasteiger charge is -2.38. The van der Waals surface area contributed by atoms with Crippen LogP contribution >= 0.6 is 0 Å². The summed E-state index contributed by atoms with van der Waals surface area (Å²) in [4.78, 5) is 9.44. The van der Waals surface area contributed by atoms with E-state index in [-0.39, 0.29) is 0 Å². The third-order valence-corrected chi connectivity index (χ3v) is 3.92. The van der Waals surface area contributed by atoms with Crippen molar-refractivity contribution in [2.24, 2.45) is 0 Å². The predicted octanol–water partition coefficient (Wildman–Crippen LogP) is 1.26. The monoisotopic (exact) mass is 232 g/mol. The molecule has 1 unspecified atom stereocenters. The Kier molecular flexibility index (Phi) is 2.67. The van der Waals surface area contributed by atoms with E-state index in [1.165, 1.54) is 19.4 Å². The maximum atomic E-state index is 6.07. The van der Waals surface area contributed by atoms with E-state index >= 15 is 0 Å². The number of nitrogen functional groups attached to an aromatic ring is 1. The van der Waals surface area contributed by atoms with E-state index in [1.54, 1.807) is 0 Å². The molecule has 0 spiro atoms. The van der Waals surface area contributed by atoms with Gasteiger partial charge in [-0.25, -0.2) is 4.98 Å². The molecule has 3 heterocycles. The molecule has 0 saturated carbocycles. The average Bonchev–Trinajstić information content (AvgIpc) is 2.75. The van der Waals surface area contributed by atoms with Gasteiger partial charge in [0, 0.05) is 31.9 Å². The van der Waals surface area contributed by atoms with Crippen LogP contribution in [-0.2, 0) is 0 Å². The van der Waals surface area contributed by atoms with Crippen LogP contribution in [0.15, 0.2) is 12.3 Å². The van der Waals surface area contributed by atoms with Gasteiger partial charge < -0.3 is 10.6 Å². The summed E-state index contributed by atoms with van der Waals surface area (Å²) in [5.74, 6) is 0.974. The lowest BCUT2D eigenvalue weighted by atomic mass is 10.1. The van der Waals surface area contributed by atoms with Crippen LogP contribution in [0.3, 0.4) is 0 Å². The Morgan fingerprint density at radius 1 is 1.35 bits per heavy atom. The maximum absolute atomic E-state index is 6.07. The van der Waals surface area contributed by atoms with Crippen LogP contribution in [-0.4, -0.2) is 42.1 Å². The van der Waals surface area contributed by atoms with E-state index in [0.29, 0.717) is 6.04 Å². The van der Waals surface area contributed by atoms with Crippen LogP contribution in [0.4, 0.5) is 11.5 Å². The van der Waals surface area contributed by atoms with Gasteiger partial charge in [0.15, 0.2) is 5.82 Å². The minimum Gasteiger partial charge on any atom is -0.396 e. The lowest BCUT2D eigenvalue weighted by Crippen LogP contribution is -2.50. The van der Waals surface area contributed by atoms with Crippen molar-refractivity contribution in [2.75, 3.05) is 36.8 Å². The summed E-state index contributed by atoms with van der Waals surface area (Å²) in [5.41, 5.74) is 8.02. The summed E-state index contributed by atoms with van der Waals surface area (Å²) < 4.78 is 0. The van der Waals surface area contributed by atoms with Crippen LogP contribution in [0.2, 0.25) is 0 Å². The Hall–Kier alpha value is -1.29. The Balaban J connectivity index is 1.80. The topological polar surface area (TPSA) is 45.4 Å². The van der Waals surface area contributed by atoms with Crippen molar-refractivity contribution < 1.29 is 0 Å². The molecule has 3 rings (SSSR count). The van der Waals surface area contributed by atoms with Crippen molar-refractivity contribution in [3.05, 3.63) is 17.8 Å². The number of anilines is 2. The van der Waals surface area contributed by atoms with Crippen molar-refractivity contribution in [2.45, 2.75) is 25.8 Å². The molecule has 92 valence electrons. The van der Waals surface area contributed by atoms with E-state index < -0.39 is 0 Å². The van der Waals surface area contributed by atoms with Crippen molar-refractivity contribution >= 4 is 11.5 Å². The van der Waals surface area contributed by atoms with E-state index in [2.05, 4.69) is 14.8 Å². The predicted molar refractivity (Wildman–Crippen MR) is 70.2 cm³/mol. The van der Waals surface area contributed by atoms with Crippen molar-refractivity contribution in [1.82, 2.24) is 9.88 Å². The quantitative estimate of drug-likeness (QED) is 0.791. The summed E-state index contributed by atoms with van der Waals surface area (Å²) in [6, 6.07) is 2.73. The zero-order valence-corrected chi connectivity index (χ0v) is 10.4. The van der Waals surface area contributed by atoms with Crippen LogP contribution in [0.5, 0.6) is 0 Å². The zero-order valence-electron chi connectivity index (χ0n) is 10.4. The largest absolute Gasteiger partial charge is 0.396 e. The van der Waals surface area contributed by atoms with Crippen LogP contribution in [0, 0.1) is 6.92 Å². The number of aromatic nitrogens is 1. The second-order valence-electron chi connectivity index (χ2n) is 5.20. The molecule has 1 aromatic rings. The molecule has 1 aromatic heterocycles. The molecule has 0 aromatic carbocycles. The van der Waals surface area contributed by atoms with Gasteiger partial charge in [-0.2, -0.15) is 0 Å². The van der Waals surface area contributed by atoms with Gasteiger partial charge in [0.05, 0.1) is 5.69 Å². The molecular weight excluding hydrogens is 212 g/mol. The molecule has 2 fully saturated rings. The summed E-state index contributed by atoms with van der Waals surface area (Å²) in [6.45, 7) is 6.59. The van der Waals surface area contributed by atoms with Crippen molar-refractivity contribution in [3.63, 3.8) is 0 Å². The summed E-state index contributed by atoms with van der Waals surface area (Å²) in [7, 11) is 0. The molecule has 0 bridgehead atoms. The van der Waals surface area contributed by atoms with E-state index in [4.69, 9.17) is 5.73 Å². The number of nitrogens with two attached hydrogens (primary N) is 1. The molecule has 0 amide bonds. The van der Waals surface area contributed by atoms with Gasteiger partial charge in [-0.15, -0.1) is 0 Å². The number of pyridine rings is 1. The first-order valence-electron chi connectivity index (χ1n) is 6.45. The fourth-order valence-electron chi connectivity index (χ4n) is 3.03. The normalized spacial score (nSPS) is 25.0. The number of nitrogens with zero attached hydrogens (tertiary/aromatic N) is 3. The highest BCUT2D eigenvalue weighted by atomic mass is 15.3. The smallest absolute Gasteiger partial charge is 0.151 e. The van der Waals surface area contributed by atoms with E-state index in [9.17, 15) is 0 Å². The van der Waals surface area contributed by atoms with Gasteiger partial charge in [0.25, 0.3) is 0 Å². The minimum absolute atomic E-state index is 0.714. The first-order valence-corrected chi connectivity index (χ1v) is 6.45. The van der Waals surface area contributed by atoms with Gasteiger partial charge in [-0.05, 0) is 37.9 Å². The van der Waals surface area contributed by atoms with Crippen LogP contribution < -0.4 is 10.6 Å². The molecule has 0 aliphatic carbocycles. The Morgan fingerprint density at radius 3 is 3.06 bits per heavy atom. The van der Waals surface area contributed by atoms with Crippen LogP contribution in [0.1, 0.15) is 18.4 Å². The third kappa shape index (κ3) is 1.97. The van der Waals surface area contributed by atoms with Gasteiger partial charge in [0.2, 0.25) is 0 Å². The maximum Gasteiger partial charge on any atom is 0.151 e. The molecule has 1 atom stereocenters. The molecule has 2 aliphatic rings. The SMILES string of the molecule is Cc1cnc(N2CCN3CCCC3C2)c(N)c1. The molecule has 4 heteroatoms. The fraction of sp³-hybridized carbons (Fsp3) is 0.615. The number of hydrogen-bond acceptors (Lipinski definition) is 4. The van der Waals surface area contributed by atoms with Gasteiger partial charge in [0.1, 0.15) is 0 Å². The van der Waals surface area contributed by atoms with Crippen LogP contribution in [0.25, 0.3) is 0 Å².